The number of unbranched alkanes of at least 4 members (excludes halogenated alkanes) is 1. The zero-order valence-electron chi connectivity index (χ0n) is 11.0. The van der Waals surface area contributed by atoms with Crippen LogP contribution in [0.3, 0.4) is 0 Å². The molecule has 0 spiro atoms. The lowest BCUT2D eigenvalue weighted by Crippen LogP contribution is -2.01. The van der Waals surface area contributed by atoms with Gasteiger partial charge in [0.2, 0.25) is 0 Å². The lowest BCUT2D eigenvalue weighted by molar-refractivity contribution is 0.831. The van der Waals surface area contributed by atoms with Crippen LogP contribution >= 0.6 is 11.8 Å². The molecule has 1 heterocycles. The summed E-state index contributed by atoms with van der Waals surface area (Å²) in [7, 11) is 0. The minimum absolute atomic E-state index is 0.899. The van der Waals surface area contributed by atoms with Crippen LogP contribution in [0, 0.1) is 0 Å². The van der Waals surface area contributed by atoms with Gasteiger partial charge in [-0.2, -0.15) is 0 Å². The van der Waals surface area contributed by atoms with Crippen molar-refractivity contribution in [2.75, 3.05) is 5.75 Å². The summed E-state index contributed by atoms with van der Waals surface area (Å²) < 4.78 is 2.17. The monoisotopic (exact) mass is 261 g/mol. The Bertz CT molecular complexity index is 479. The van der Waals surface area contributed by atoms with Crippen molar-refractivity contribution < 1.29 is 0 Å². The second-order valence-corrected chi connectivity index (χ2v) is 5.19. The zero-order valence-corrected chi connectivity index (χ0v) is 11.8. The number of rotatable bonds is 6. The number of benzene rings is 1. The van der Waals surface area contributed by atoms with Gasteiger partial charge in [0.25, 0.3) is 0 Å². The SMILES string of the molecule is CCCCSc1nnc(CC)n1-c1ccccc1. The Labute approximate surface area is 113 Å². The van der Waals surface area contributed by atoms with Crippen molar-refractivity contribution in [3.05, 3.63) is 36.2 Å². The van der Waals surface area contributed by atoms with Gasteiger partial charge in [-0.15, -0.1) is 10.2 Å². The van der Waals surface area contributed by atoms with Gasteiger partial charge >= 0.3 is 0 Å². The highest BCUT2D eigenvalue weighted by molar-refractivity contribution is 7.99. The van der Waals surface area contributed by atoms with E-state index in [0.717, 1.165) is 28.8 Å². The average Bonchev–Trinajstić information content (AvgIpc) is 2.83. The van der Waals surface area contributed by atoms with Crippen molar-refractivity contribution in [2.45, 2.75) is 38.3 Å². The molecule has 0 amide bonds. The maximum Gasteiger partial charge on any atom is 0.195 e. The first-order chi connectivity index (χ1) is 8.86. The first-order valence-corrected chi connectivity index (χ1v) is 7.47. The maximum absolute atomic E-state index is 4.31. The first kappa shape index (κ1) is 13.1. The van der Waals surface area contributed by atoms with Crippen LogP contribution in [-0.2, 0) is 6.42 Å². The Morgan fingerprint density at radius 2 is 1.89 bits per heavy atom. The second kappa shape index (κ2) is 6.59. The molecule has 1 aromatic heterocycles. The Balaban J connectivity index is 2.28. The van der Waals surface area contributed by atoms with Crippen LogP contribution in [-0.4, -0.2) is 20.5 Å². The molecular formula is C14H19N3S. The van der Waals surface area contributed by atoms with Crippen LogP contribution in [0.4, 0.5) is 0 Å². The highest BCUT2D eigenvalue weighted by atomic mass is 32.2. The number of aryl methyl sites for hydroxylation is 1. The number of hydrogen-bond acceptors (Lipinski definition) is 3. The molecule has 0 fully saturated rings. The highest BCUT2D eigenvalue weighted by Gasteiger charge is 2.12. The molecule has 0 aliphatic heterocycles. The average molecular weight is 261 g/mol. The summed E-state index contributed by atoms with van der Waals surface area (Å²) >= 11 is 1.79. The van der Waals surface area contributed by atoms with Crippen molar-refractivity contribution in [3.8, 4) is 5.69 Å². The van der Waals surface area contributed by atoms with Crippen LogP contribution < -0.4 is 0 Å². The van der Waals surface area contributed by atoms with Gasteiger partial charge in [0, 0.05) is 17.9 Å². The summed E-state index contributed by atoms with van der Waals surface area (Å²) in [5, 5.41) is 9.60. The van der Waals surface area contributed by atoms with E-state index in [-0.39, 0.29) is 0 Å². The molecular weight excluding hydrogens is 242 g/mol. The van der Waals surface area contributed by atoms with Crippen LogP contribution in [0.15, 0.2) is 35.5 Å². The van der Waals surface area contributed by atoms with Crippen molar-refractivity contribution >= 4 is 11.8 Å². The molecule has 2 rings (SSSR count). The summed E-state index contributed by atoms with van der Waals surface area (Å²) in [5.74, 6) is 2.13. The zero-order chi connectivity index (χ0) is 12.8. The smallest absolute Gasteiger partial charge is 0.195 e. The fraction of sp³-hybridized carbons (Fsp3) is 0.429. The maximum atomic E-state index is 4.31. The predicted octanol–water partition coefficient (Wildman–Crippen LogP) is 3.72. The fourth-order valence-electron chi connectivity index (χ4n) is 1.77. The van der Waals surface area contributed by atoms with Gasteiger partial charge in [-0.05, 0) is 18.6 Å². The number of nitrogens with zero attached hydrogens (tertiary/aromatic N) is 3. The molecule has 0 saturated carbocycles. The van der Waals surface area contributed by atoms with Gasteiger partial charge in [0.1, 0.15) is 5.82 Å². The van der Waals surface area contributed by atoms with E-state index in [2.05, 4.69) is 52.9 Å². The number of thioether (sulfide) groups is 1. The molecule has 96 valence electrons. The molecule has 0 aliphatic rings. The van der Waals surface area contributed by atoms with E-state index in [1.807, 2.05) is 6.07 Å². The van der Waals surface area contributed by atoms with Gasteiger partial charge in [0.15, 0.2) is 5.16 Å². The molecule has 4 heteroatoms. The lowest BCUT2D eigenvalue weighted by atomic mass is 10.3. The summed E-state index contributed by atoms with van der Waals surface area (Å²) in [6.45, 7) is 4.32. The molecule has 1 aromatic carbocycles. The standard InChI is InChI=1S/C14H19N3S/c1-3-5-11-18-14-16-15-13(4-2)17(14)12-9-7-6-8-10-12/h6-10H,3-5,11H2,1-2H3. The third-order valence-electron chi connectivity index (χ3n) is 2.76. The molecule has 0 N–H and O–H groups in total. The minimum Gasteiger partial charge on any atom is -0.274 e. The summed E-state index contributed by atoms with van der Waals surface area (Å²) in [5.41, 5.74) is 1.15. The molecule has 0 atom stereocenters. The van der Waals surface area contributed by atoms with E-state index in [9.17, 15) is 0 Å². The third kappa shape index (κ3) is 2.93. The van der Waals surface area contributed by atoms with Gasteiger partial charge in [0.05, 0.1) is 0 Å². The van der Waals surface area contributed by atoms with Crippen LogP contribution in [0.2, 0.25) is 0 Å². The Hall–Kier alpha value is -1.29. The van der Waals surface area contributed by atoms with Gasteiger partial charge in [-0.3, -0.25) is 4.57 Å². The molecule has 18 heavy (non-hydrogen) atoms. The van der Waals surface area contributed by atoms with Crippen LogP contribution in [0.25, 0.3) is 5.69 Å². The fourth-order valence-corrected chi connectivity index (χ4v) is 2.82. The normalized spacial score (nSPS) is 10.8. The number of aromatic nitrogens is 3. The number of para-hydroxylation sites is 1. The Kier molecular flexibility index (Phi) is 4.81. The minimum atomic E-state index is 0.899. The van der Waals surface area contributed by atoms with E-state index in [1.165, 1.54) is 12.8 Å². The third-order valence-corrected chi connectivity index (χ3v) is 3.78. The van der Waals surface area contributed by atoms with E-state index in [1.54, 1.807) is 11.8 Å². The molecule has 0 saturated heterocycles. The lowest BCUT2D eigenvalue weighted by Gasteiger charge is -2.08. The van der Waals surface area contributed by atoms with Crippen LogP contribution in [0.1, 0.15) is 32.5 Å². The quantitative estimate of drug-likeness (QED) is 0.586. The Morgan fingerprint density at radius 3 is 2.56 bits per heavy atom. The summed E-state index contributed by atoms with van der Waals surface area (Å²) in [4.78, 5) is 0. The van der Waals surface area contributed by atoms with E-state index in [0.29, 0.717) is 0 Å². The molecule has 3 nitrogen and oxygen atoms in total. The largest absolute Gasteiger partial charge is 0.274 e. The van der Waals surface area contributed by atoms with Crippen molar-refractivity contribution in [1.82, 2.24) is 14.8 Å². The molecule has 0 aliphatic carbocycles. The van der Waals surface area contributed by atoms with E-state index >= 15 is 0 Å². The number of hydrogen-bond donors (Lipinski definition) is 0. The van der Waals surface area contributed by atoms with Gasteiger partial charge in [-0.25, -0.2) is 0 Å². The van der Waals surface area contributed by atoms with Crippen molar-refractivity contribution in [2.24, 2.45) is 0 Å². The highest BCUT2D eigenvalue weighted by Crippen LogP contribution is 2.22. The molecule has 2 aromatic rings. The van der Waals surface area contributed by atoms with Crippen LogP contribution in [0.5, 0.6) is 0 Å². The van der Waals surface area contributed by atoms with Gasteiger partial charge in [-0.1, -0.05) is 50.2 Å². The van der Waals surface area contributed by atoms with E-state index < -0.39 is 0 Å². The Morgan fingerprint density at radius 1 is 1.11 bits per heavy atom. The molecule has 0 unspecified atom stereocenters. The summed E-state index contributed by atoms with van der Waals surface area (Å²) in [6, 6.07) is 10.3. The second-order valence-electron chi connectivity index (χ2n) is 4.13. The van der Waals surface area contributed by atoms with Crippen molar-refractivity contribution in [1.29, 1.82) is 0 Å². The first-order valence-electron chi connectivity index (χ1n) is 6.49. The summed E-state index contributed by atoms with van der Waals surface area (Å²) in [6.07, 6.45) is 3.33. The van der Waals surface area contributed by atoms with Crippen molar-refractivity contribution in [3.63, 3.8) is 0 Å². The van der Waals surface area contributed by atoms with E-state index in [4.69, 9.17) is 0 Å². The molecule has 0 radical (unpaired) electrons. The van der Waals surface area contributed by atoms with Gasteiger partial charge < -0.3 is 0 Å². The molecule has 0 bridgehead atoms. The topological polar surface area (TPSA) is 30.7 Å². The predicted molar refractivity (Wildman–Crippen MR) is 76.4 cm³/mol.